The van der Waals surface area contributed by atoms with Crippen molar-refractivity contribution >= 4 is 28.9 Å². The van der Waals surface area contributed by atoms with E-state index in [1.165, 1.54) is 0 Å². The summed E-state index contributed by atoms with van der Waals surface area (Å²) >= 11 is 5.42. The second kappa shape index (κ2) is 5.29. The molecule has 0 aromatic heterocycles. The smallest absolute Gasteiger partial charge is 0.292 e. The van der Waals surface area contributed by atoms with Crippen molar-refractivity contribution < 1.29 is 4.79 Å². The van der Waals surface area contributed by atoms with Crippen LogP contribution in [0.4, 0.5) is 10.5 Å². The fourth-order valence-corrected chi connectivity index (χ4v) is 2.77. The Morgan fingerprint density at radius 1 is 1.21 bits per heavy atom. The van der Waals surface area contributed by atoms with Gasteiger partial charge in [-0.3, -0.25) is 9.80 Å². The third kappa shape index (κ3) is 3.32. The summed E-state index contributed by atoms with van der Waals surface area (Å²) in [6, 6.07) is 9.74. The van der Waals surface area contributed by atoms with Crippen LogP contribution in [0, 0.1) is 5.41 Å². The topological polar surface area (TPSA) is 23.6 Å². The SMILES string of the molecule is CC(C)(C)CC(=S)N1CCN(c2ccccc2)C1=O. The first-order chi connectivity index (χ1) is 8.88. The van der Waals surface area contributed by atoms with Crippen molar-refractivity contribution in [3.63, 3.8) is 0 Å². The summed E-state index contributed by atoms with van der Waals surface area (Å²) < 4.78 is 0. The molecule has 1 heterocycles. The number of carbonyl (C=O) groups excluding carboxylic acids is 1. The van der Waals surface area contributed by atoms with E-state index in [1.807, 2.05) is 30.3 Å². The van der Waals surface area contributed by atoms with Crippen LogP contribution < -0.4 is 4.90 Å². The van der Waals surface area contributed by atoms with E-state index >= 15 is 0 Å². The van der Waals surface area contributed by atoms with Crippen molar-refractivity contribution in [3.05, 3.63) is 30.3 Å². The molecule has 2 rings (SSSR count). The van der Waals surface area contributed by atoms with Gasteiger partial charge in [0.2, 0.25) is 0 Å². The third-order valence-electron chi connectivity index (χ3n) is 3.06. The molecule has 0 aliphatic carbocycles. The first-order valence-corrected chi connectivity index (χ1v) is 6.96. The Bertz CT molecular complexity index is 479. The monoisotopic (exact) mass is 276 g/mol. The molecule has 0 bridgehead atoms. The number of thiocarbonyl (C=S) groups is 1. The molecule has 0 radical (unpaired) electrons. The van der Waals surface area contributed by atoms with Crippen LogP contribution in [0.3, 0.4) is 0 Å². The Morgan fingerprint density at radius 2 is 1.84 bits per heavy atom. The third-order valence-corrected chi connectivity index (χ3v) is 3.42. The summed E-state index contributed by atoms with van der Waals surface area (Å²) in [5.41, 5.74) is 1.05. The Morgan fingerprint density at radius 3 is 2.42 bits per heavy atom. The zero-order valence-electron chi connectivity index (χ0n) is 11.7. The number of hydrogen-bond acceptors (Lipinski definition) is 2. The lowest BCUT2D eigenvalue weighted by molar-refractivity contribution is 0.237. The van der Waals surface area contributed by atoms with Gasteiger partial charge in [-0.2, -0.15) is 0 Å². The maximum atomic E-state index is 12.4. The molecule has 1 saturated heterocycles. The molecule has 1 aliphatic rings. The van der Waals surface area contributed by atoms with Crippen molar-refractivity contribution in [1.29, 1.82) is 0 Å². The number of nitrogens with zero attached hydrogens (tertiary/aromatic N) is 2. The summed E-state index contributed by atoms with van der Waals surface area (Å²) in [6.45, 7) is 7.79. The lowest BCUT2D eigenvalue weighted by atomic mass is 9.92. The van der Waals surface area contributed by atoms with Gasteiger partial charge in [-0.1, -0.05) is 51.2 Å². The molecule has 19 heavy (non-hydrogen) atoms. The predicted octanol–water partition coefficient (Wildman–Crippen LogP) is 3.69. The van der Waals surface area contributed by atoms with Gasteiger partial charge in [-0.05, 0) is 17.5 Å². The van der Waals surface area contributed by atoms with Crippen LogP contribution in [0.2, 0.25) is 0 Å². The Hall–Kier alpha value is -1.42. The predicted molar refractivity (Wildman–Crippen MR) is 82.6 cm³/mol. The average Bonchev–Trinajstić information content (AvgIpc) is 2.70. The summed E-state index contributed by atoms with van der Waals surface area (Å²) in [5.74, 6) is 0. The molecule has 0 saturated carbocycles. The minimum absolute atomic E-state index is 0.000417. The normalized spacial score (nSPS) is 16.1. The largest absolute Gasteiger partial charge is 0.329 e. The molecule has 0 atom stereocenters. The van der Waals surface area contributed by atoms with Crippen LogP contribution in [0.1, 0.15) is 27.2 Å². The molecule has 0 unspecified atom stereocenters. The highest BCUT2D eigenvalue weighted by Gasteiger charge is 2.33. The highest BCUT2D eigenvalue weighted by Crippen LogP contribution is 2.25. The van der Waals surface area contributed by atoms with Gasteiger partial charge in [-0.25, -0.2) is 4.79 Å². The van der Waals surface area contributed by atoms with Gasteiger partial charge in [0.25, 0.3) is 0 Å². The second-order valence-electron chi connectivity index (χ2n) is 6.05. The second-order valence-corrected chi connectivity index (χ2v) is 6.52. The number of carbonyl (C=O) groups is 1. The molecule has 1 fully saturated rings. The number of para-hydroxylation sites is 1. The molecule has 4 heteroatoms. The van der Waals surface area contributed by atoms with Gasteiger partial charge in [-0.15, -0.1) is 0 Å². The van der Waals surface area contributed by atoms with Gasteiger partial charge in [0.05, 0.1) is 4.99 Å². The van der Waals surface area contributed by atoms with E-state index in [0.29, 0.717) is 13.1 Å². The summed E-state index contributed by atoms with van der Waals surface area (Å²) in [6.07, 6.45) is 0.761. The van der Waals surface area contributed by atoms with E-state index in [-0.39, 0.29) is 11.4 Å². The molecule has 1 aromatic rings. The van der Waals surface area contributed by atoms with E-state index in [0.717, 1.165) is 17.1 Å². The molecule has 1 aromatic carbocycles. The van der Waals surface area contributed by atoms with Crippen LogP contribution in [0.15, 0.2) is 30.3 Å². The maximum absolute atomic E-state index is 12.4. The first-order valence-electron chi connectivity index (χ1n) is 6.55. The number of rotatable bonds is 2. The molecule has 2 amide bonds. The molecule has 102 valence electrons. The number of anilines is 1. The fourth-order valence-electron chi connectivity index (χ4n) is 2.16. The van der Waals surface area contributed by atoms with Gasteiger partial charge >= 0.3 is 6.03 Å². The highest BCUT2D eigenvalue weighted by atomic mass is 32.1. The molecule has 3 nitrogen and oxygen atoms in total. The van der Waals surface area contributed by atoms with Crippen LogP contribution in [-0.4, -0.2) is 29.0 Å². The minimum atomic E-state index is 0.000417. The van der Waals surface area contributed by atoms with Gasteiger partial charge < -0.3 is 0 Å². The maximum Gasteiger partial charge on any atom is 0.329 e. The molecule has 0 spiro atoms. The van der Waals surface area contributed by atoms with E-state index in [4.69, 9.17) is 12.2 Å². The van der Waals surface area contributed by atoms with Crippen LogP contribution >= 0.6 is 12.2 Å². The number of amides is 2. The quantitative estimate of drug-likeness (QED) is 0.769. The summed E-state index contributed by atoms with van der Waals surface area (Å²) in [5, 5.41) is 0. The van der Waals surface area contributed by atoms with Crippen molar-refractivity contribution in [1.82, 2.24) is 4.90 Å². The van der Waals surface area contributed by atoms with Crippen molar-refractivity contribution in [3.8, 4) is 0 Å². The Labute approximate surface area is 120 Å². The van der Waals surface area contributed by atoms with Crippen molar-refractivity contribution in [2.45, 2.75) is 27.2 Å². The lowest BCUT2D eigenvalue weighted by Crippen LogP contribution is -2.36. The van der Waals surface area contributed by atoms with E-state index < -0.39 is 0 Å². The molecule has 0 N–H and O–H groups in total. The highest BCUT2D eigenvalue weighted by molar-refractivity contribution is 7.80. The van der Waals surface area contributed by atoms with Crippen molar-refractivity contribution in [2.24, 2.45) is 5.41 Å². The van der Waals surface area contributed by atoms with Gasteiger partial charge in [0.15, 0.2) is 0 Å². The van der Waals surface area contributed by atoms with Gasteiger partial charge in [0.1, 0.15) is 0 Å². The molecular formula is C15H20N2OS. The van der Waals surface area contributed by atoms with Crippen LogP contribution in [-0.2, 0) is 0 Å². The van der Waals surface area contributed by atoms with Gasteiger partial charge in [0, 0.05) is 25.2 Å². The minimum Gasteiger partial charge on any atom is -0.292 e. The number of urea groups is 1. The lowest BCUT2D eigenvalue weighted by Gasteiger charge is -2.24. The zero-order valence-corrected chi connectivity index (χ0v) is 12.5. The summed E-state index contributed by atoms with van der Waals surface area (Å²) in [4.78, 5) is 16.7. The Kier molecular flexibility index (Phi) is 3.90. The van der Waals surface area contributed by atoms with E-state index in [2.05, 4.69) is 20.8 Å². The fraction of sp³-hybridized carbons (Fsp3) is 0.467. The zero-order chi connectivity index (χ0) is 14.0. The Balaban J connectivity index is 2.08. The van der Waals surface area contributed by atoms with Crippen LogP contribution in [0.5, 0.6) is 0 Å². The van der Waals surface area contributed by atoms with E-state index in [1.54, 1.807) is 9.80 Å². The molecular weight excluding hydrogens is 256 g/mol. The standard InChI is InChI=1S/C15H20N2OS/c1-15(2,3)11-13(19)17-10-9-16(14(17)18)12-7-5-4-6-8-12/h4-8H,9-11H2,1-3H3. The number of hydrogen-bond donors (Lipinski definition) is 0. The van der Waals surface area contributed by atoms with Crippen molar-refractivity contribution in [2.75, 3.05) is 18.0 Å². The number of benzene rings is 1. The van der Waals surface area contributed by atoms with Crippen LogP contribution in [0.25, 0.3) is 0 Å². The molecule has 1 aliphatic heterocycles. The summed E-state index contributed by atoms with van der Waals surface area (Å²) in [7, 11) is 0. The van der Waals surface area contributed by atoms with E-state index in [9.17, 15) is 4.79 Å². The first kappa shape index (κ1) is 14.0. The average molecular weight is 276 g/mol.